The summed E-state index contributed by atoms with van der Waals surface area (Å²) < 4.78 is 38.3. The second kappa shape index (κ2) is 7.75. The van der Waals surface area contributed by atoms with Crippen LogP contribution < -0.4 is 5.32 Å². The van der Waals surface area contributed by atoms with Gasteiger partial charge in [0.2, 0.25) is 5.95 Å². The molecule has 0 radical (unpaired) electrons. The lowest BCUT2D eigenvalue weighted by molar-refractivity contribution is -0.137. The number of carbonyl (C=O) groups is 1. The average Bonchev–Trinajstić information content (AvgIpc) is 2.67. The predicted molar refractivity (Wildman–Crippen MR) is 95.7 cm³/mol. The van der Waals surface area contributed by atoms with E-state index < -0.39 is 17.5 Å². The minimum Gasteiger partial charge on any atom is -0.350 e. The van der Waals surface area contributed by atoms with Crippen LogP contribution in [-0.2, 0) is 12.7 Å². The normalized spacial score (nSPS) is 11.3. The van der Waals surface area contributed by atoms with Crippen molar-refractivity contribution in [1.82, 2.24) is 9.97 Å². The third kappa shape index (κ3) is 4.83. The number of benzene rings is 2. The SMILES string of the molecule is O=C(c1cnc(NCc2ccc(Cl)cc2)nc1)c1cccc(C(F)(F)F)c1. The Balaban J connectivity index is 1.69. The van der Waals surface area contributed by atoms with E-state index in [4.69, 9.17) is 11.6 Å². The topological polar surface area (TPSA) is 54.9 Å². The molecule has 0 unspecified atom stereocenters. The van der Waals surface area contributed by atoms with Crippen LogP contribution in [-0.4, -0.2) is 15.8 Å². The van der Waals surface area contributed by atoms with Gasteiger partial charge in [-0.15, -0.1) is 0 Å². The second-order valence-electron chi connectivity index (χ2n) is 5.68. The van der Waals surface area contributed by atoms with Gasteiger partial charge < -0.3 is 5.32 Å². The third-order valence-corrected chi connectivity index (χ3v) is 3.98. The molecule has 0 fully saturated rings. The number of nitrogens with one attached hydrogen (secondary N) is 1. The Bertz CT molecular complexity index is 942. The minimum atomic E-state index is -4.51. The number of nitrogens with zero attached hydrogens (tertiary/aromatic N) is 2. The zero-order chi connectivity index (χ0) is 19.4. The maximum Gasteiger partial charge on any atom is 0.416 e. The fourth-order valence-corrected chi connectivity index (χ4v) is 2.45. The van der Waals surface area contributed by atoms with Crippen LogP contribution in [0, 0.1) is 0 Å². The standard InChI is InChI=1S/C19H13ClF3N3O/c20-16-6-4-12(5-7-16)9-24-18-25-10-14(11-26-18)17(27)13-2-1-3-15(8-13)19(21,22)23/h1-8,10-11H,9H2,(H,24,25,26). The van der Waals surface area contributed by atoms with Crippen LogP contribution in [0.5, 0.6) is 0 Å². The van der Waals surface area contributed by atoms with E-state index in [0.29, 0.717) is 17.5 Å². The van der Waals surface area contributed by atoms with E-state index in [9.17, 15) is 18.0 Å². The highest BCUT2D eigenvalue weighted by molar-refractivity contribution is 6.30. The Kier molecular flexibility index (Phi) is 5.41. The number of ketones is 1. The van der Waals surface area contributed by atoms with Gasteiger partial charge in [0.05, 0.1) is 11.1 Å². The zero-order valence-electron chi connectivity index (χ0n) is 13.8. The first kappa shape index (κ1) is 18.8. The number of aromatic nitrogens is 2. The molecule has 138 valence electrons. The molecule has 8 heteroatoms. The van der Waals surface area contributed by atoms with Crippen molar-refractivity contribution in [3.63, 3.8) is 0 Å². The molecule has 0 aliphatic carbocycles. The highest BCUT2D eigenvalue weighted by atomic mass is 35.5. The van der Waals surface area contributed by atoms with Crippen molar-refractivity contribution >= 4 is 23.3 Å². The van der Waals surface area contributed by atoms with Gasteiger partial charge in [-0.1, -0.05) is 35.9 Å². The second-order valence-corrected chi connectivity index (χ2v) is 6.12. The van der Waals surface area contributed by atoms with Crippen LogP contribution in [0.2, 0.25) is 5.02 Å². The van der Waals surface area contributed by atoms with Crippen LogP contribution >= 0.6 is 11.6 Å². The van der Waals surface area contributed by atoms with E-state index >= 15 is 0 Å². The zero-order valence-corrected chi connectivity index (χ0v) is 14.6. The van der Waals surface area contributed by atoms with Crippen molar-refractivity contribution in [3.05, 3.63) is 88.2 Å². The van der Waals surface area contributed by atoms with E-state index in [0.717, 1.165) is 17.7 Å². The average molecular weight is 392 g/mol. The summed E-state index contributed by atoms with van der Waals surface area (Å²) in [5.74, 6) is -0.282. The molecule has 27 heavy (non-hydrogen) atoms. The molecule has 0 bridgehead atoms. The van der Waals surface area contributed by atoms with Gasteiger partial charge in [0.1, 0.15) is 0 Å². The van der Waals surface area contributed by atoms with Gasteiger partial charge >= 0.3 is 6.18 Å². The smallest absolute Gasteiger partial charge is 0.350 e. The number of hydrogen-bond donors (Lipinski definition) is 1. The van der Waals surface area contributed by atoms with Gasteiger partial charge in [-0.2, -0.15) is 13.2 Å². The first-order valence-electron chi connectivity index (χ1n) is 7.85. The monoisotopic (exact) mass is 391 g/mol. The van der Waals surface area contributed by atoms with Crippen molar-refractivity contribution < 1.29 is 18.0 Å². The minimum absolute atomic E-state index is 0.0738. The van der Waals surface area contributed by atoms with Crippen LogP contribution in [0.25, 0.3) is 0 Å². The summed E-state index contributed by atoms with van der Waals surface area (Å²) in [6, 6.07) is 11.5. The molecule has 0 aliphatic rings. The number of alkyl halides is 3. The van der Waals surface area contributed by atoms with Gasteiger partial charge in [-0.05, 0) is 29.8 Å². The van der Waals surface area contributed by atoms with Crippen LogP contribution in [0.15, 0.2) is 60.9 Å². The molecule has 4 nitrogen and oxygen atoms in total. The van der Waals surface area contributed by atoms with E-state index in [1.54, 1.807) is 12.1 Å². The van der Waals surface area contributed by atoms with Crippen LogP contribution in [0.4, 0.5) is 19.1 Å². The van der Waals surface area contributed by atoms with Gasteiger partial charge in [-0.3, -0.25) is 4.79 Å². The molecule has 3 aromatic rings. The molecular weight excluding hydrogens is 379 g/mol. The van der Waals surface area contributed by atoms with Crippen molar-refractivity contribution in [2.24, 2.45) is 0 Å². The Labute approximate surface area is 158 Å². The number of hydrogen-bond acceptors (Lipinski definition) is 4. The molecule has 3 rings (SSSR count). The molecule has 1 heterocycles. The molecular formula is C19H13ClF3N3O. The summed E-state index contributed by atoms with van der Waals surface area (Å²) >= 11 is 5.82. The van der Waals surface area contributed by atoms with Crippen molar-refractivity contribution in [2.75, 3.05) is 5.32 Å². The maximum absolute atomic E-state index is 12.8. The molecule has 0 atom stereocenters. The van der Waals surface area contributed by atoms with Crippen LogP contribution in [0.3, 0.4) is 0 Å². The molecule has 1 N–H and O–H groups in total. The van der Waals surface area contributed by atoms with Gasteiger partial charge in [-0.25, -0.2) is 9.97 Å². The molecule has 2 aromatic carbocycles. The van der Waals surface area contributed by atoms with Gasteiger partial charge in [0.15, 0.2) is 5.78 Å². The Morgan fingerprint density at radius 2 is 1.67 bits per heavy atom. The summed E-state index contributed by atoms with van der Waals surface area (Å²) in [5.41, 5.74) is 0.115. The quantitative estimate of drug-likeness (QED) is 0.622. The largest absolute Gasteiger partial charge is 0.416 e. The number of anilines is 1. The van der Waals surface area contributed by atoms with E-state index in [2.05, 4.69) is 15.3 Å². The van der Waals surface area contributed by atoms with Crippen molar-refractivity contribution in [3.8, 4) is 0 Å². The van der Waals surface area contributed by atoms with E-state index in [1.807, 2.05) is 12.1 Å². The molecule has 0 amide bonds. The highest BCUT2D eigenvalue weighted by Crippen LogP contribution is 2.30. The summed E-state index contributed by atoms with van der Waals surface area (Å²) in [6.07, 6.45) is -1.96. The first-order valence-corrected chi connectivity index (χ1v) is 8.23. The lowest BCUT2D eigenvalue weighted by atomic mass is 10.0. The number of rotatable bonds is 5. The van der Waals surface area contributed by atoms with Crippen molar-refractivity contribution in [2.45, 2.75) is 12.7 Å². The summed E-state index contributed by atoms with van der Waals surface area (Å²) in [6.45, 7) is 0.456. The first-order chi connectivity index (χ1) is 12.8. The highest BCUT2D eigenvalue weighted by Gasteiger charge is 2.31. The maximum atomic E-state index is 12.8. The molecule has 0 saturated carbocycles. The number of halogens is 4. The molecule has 0 saturated heterocycles. The van der Waals surface area contributed by atoms with Crippen LogP contribution in [0.1, 0.15) is 27.0 Å². The molecule has 1 aromatic heterocycles. The molecule has 0 aliphatic heterocycles. The van der Waals surface area contributed by atoms with E-state index in [-0.39, 0.29) is 11.1 Å². The predicted octanol–water partition coefficient (Wildman–Crippen LogP) is 4.99. The summed E-state index contributed by atoms with van der Waals surface area (Å²) in [7, 11) is 0. The lowest BCUT2D eigenvalue weighted by Gasteiger charge is -2.08. The van der Waals surface area contributed by atoms with Gasteiger partial charge in [0.25, 0.3) is 0 Å². The molecule has 0 spiro atoms. The van der Waals surface area contributed by atoms with Gasteiger partial charge in [0, 0.05) is 29.5 Å². The fraction of sp³-hybridized carbons (Fsp3) is 0.105. The van der Waals surface area contributed by atoms with E-state index in [1.165, 1.54) is 24.5 Å². The Morgan fingerprint density at radius 3 is 2.30 bits per heavy atom. The third-order valence-electron chi connectivity index (χ3n) is 3.73. The Morgan fingerprint density at radius 1 is 1.00 bits per heavy atom. The Hall–Kier alpha value is -2.93. The summed E-state index contributed by atoms with van der Waals surface area (Å²) in [4.78, 5) is 20.4. The number of carbonyl (C=O) groups excluding carboxylic acids is 1. The van der Waals surface area contributed by atoms with Crippen molar-refractivity contribution in [1.29, 1.82) is 0 Å². The lowest BCUT2D eigenvalue weighted by Crippen LogP contribution is -2.09. The summed E-state index contributed by atoms with van der Waals surface area (Å²) in [5, 5.41) is 3.62. The fourth-order valence-electron chi connectivity index (χ4n) is 2.32.